The topological polar surface area (TPSA) is 87.3 Å². The lowest BCUT2D eigenvalue weighted by Gasteiger charge is -2.17. The molecule has 0 aromatic rings. The largest absolute Gasteiger partial charge is 0.322 e. The molecule has 3 N–H and O–H groups in total. The van der Waals surface area contributed by atoms with E-state index in [9.17, 15) is 14.4 Å². The highest BCUT2D eigenvalue weighted by atomic mass is 16.2. The molecule has 14 heavy (non-hydrogen) atoms. The molecule has 0 aromatic heterocycles. The molecular weight excluding hydrogens is 186 g/mol. The number of hydrogen-bond donors (Lipinski definition) is 3. The predicted octanol–water partition coefficient (Wildman–Crippen LogP) is -1.48. The maximum Gasteiger partial charge on any atom is 0.322 e. The van der Waals surface area contributed by atoms with E-state index >= 15 is 0 Å². The number of imide groups is 1. The molecule has 3 amide bonds. The molecule has 2 aliphatic rings. The van der Waals surface area contributed by atoms with Crippen molar-refractivity contribution in [2.24, 2.45) is 0 Å². The summed E-state index contributed by atoms with van der Waals surface area (Å²) in [5.74, 6) is -0.366. The first-order valence-corrected chi connectivity index (χ1v) is 4.41. The van der Waals surface area contributed by atoms with Crippen molar-refractivity contribution in [3.05, 3.63) is 0 Å². The van der Waals surface area contributed by atoms with Crippen LogP contribution in [0.5, 0.6) is 0 Å². The van der Waals surface area contributed by atoms with Gasteiger partial charge in [0.15, 0.2) is 0 Å². The molecule has 0 saturated carbocycles. The molecular formula is C8H11N3O3. The fourth-order valence-electron chi connectivity index (χ4n) is 1.87. The Morgan fingerprint density at radius 2 is 2.21 bits per heavy atom. The number of rotatable bonds is 1. The Hall–Kier alpha value is -1.43. The summed E-state index contributed by atoms with van der Waals surface area (Å²) in [5, 5.41) is 7.63. The van der Waals surface area contributed by atoms with Crippen molar-refractivity contribution in [3.8, 4) is 0 Å². The summed E-state index contributed by atoms with van der Waals surface area (Å²) >= 11 is 0. The van der Waals surface area contributed by atoms with Gasteiger partial charge in [-0.2, -0.15) is 0 Å². The van der Waals surface area contributed by atoms with Crippen LogP contribution in [0.2, 0.25) is 0 Å². The summed E-state index contributed by atoms with van der Waals surface area (Å²) in [4.78, 5) is 33.4. The molecule has 0 unspecified atom stereocenters. The van der Waals surface area contributed by atoms with Crippen molar-refractivity contribution < 1.29 is 14.4 Å². The van der Waals surface area contributed by atoms with Crippen LogP contribution in [-0.4, -0.2) is 35.8 Å². The van der Waals surface area contributed by atoms with Crippen molar-refractivity contribution in [3.63, 3.8) is 0 Å². The molecule has 2 aliphatic heterocycles. The zero-order chi connectivity index (χ0) is 10.3. The monoisotopic (exact) mass is 197 g/mol. The third-order valence-corrected chi connectivity index (χ3v) is 2.71. The van der Waals surface area contributed by atoms with Gasteiger partial charge in [0.2, 0.25) is 0 Å². The van der Waals surface area contributed by atoms with E-state index in [0.717, 1.165) is 0 Å². The molecule has 0 aliphatic carbocycles. The maximum atomic E-state index is 11.4. The van der Waals surface area contributed by atoms with E-state index in [-0.39, 0.29) is 17.7 Å². The number of hydrogen-bond acceptors (Lipinski definition) is 4. The molecule has 0 aromatic carbocycles. The quantitative estimate of drug-likeness (QED) is 0.447. The molecule has 6 nitrogen and oxygen atoms in total. The first-order valence-electron chi connectivity index (χ1n) is 4.41. The molecule has 2 atom stereocenters. The van der Waals surface area contributed by atoms with Crippen molar-refractivity contribution in [2.45, 2.75) is 24.9 Å². The first-order chi connectivity index (χ1) is 6.53. The van der Waals surface area contributed by atoms with Gasteiger partial charge in [-0.05, 0) is 6.92 Å². The van der Waals surface area contributed by atoms with Gasteiger partial charge in [0, 0.05) is 13.0 Å². The molecule has 2 heterocycles. The minimum Gasteiger partial charge on any atom is -0.322 e. The zero-order valence-corrected chi connectivity index (χ0v) is 7.72. The van der Waals surface area contributed by atoms with Crippen molar-refractivity contribution in [1.29, 1.82) is 0 Å². The number of amides is 3. The smallest absolute Gasteiger partial charge is 0.322 e. The van der Waals surface area contributed by atoms with E-state index in [1.165, 1.54) is 6.92 Å². The van der Waals surface area contributed by atoms with Crippen LogP contribution in [0.3, 0.4) is 0 Å². The second-order valence-electron chi connectivity index (χ2n) is 3.74. The minimum absolute atomic E-state index is 0.0178. The molecule has 6 heteroatoms. The maximum absolute atomic E-state index is 11.4. The highest BCUT2D eigenvalue weighted by Crippen LogP contribution is 2.23. The van der Waals surface area contributed by atoms with Gasteiger partial charge < -0.3 is 10.6 Å². The van der Waals surface area contributed by atoms with Crippen LogP contribution in [-0.2, 0) is 9.59 Å². The third kappa shape index (κ3) is 1.19. The Morgan fingerprint density at radius 3 is 2.64 bits per heavy atom. The summed E-state index contributed by atoms with van der Waals surface area (Å²) in [6.07, 6.45) is 0.333. The molecule has 2 fully saturated rings. The normalized spacial score (nSPS) is 35.9. The van der Waals surface area contributed by atoms with Gasteiger partial charge in [-0.3, -0.25) is 14.9 Å². The van der Waals surface area contributed by atoms with Crippen LogP contribution in [0.25, 0.3) is 0 Å². The summed E-state index contributed by atoms with van der Waals surface area (Å²) in [6, 6.07) is -0.819. The first kappa shape index (κ1) is 9.14. The van der Waals surface area contributed by atoms with E-state index in [2.05, 4.69) is 16.0 Å². The van der Waals surface area contributed by atoms with E-state index in [0.29, 0.717) is 13.0 Å². The predicted molar refractivity (Wildman–Crippen MR) is 46.5 cm³/mol. The summed E-state index contributed by atoms with van der Waals surface area (Å²) in [7, 11) is 0. The van der Waals surface area contributed by atoms with E-state index in [1.807, 2.05) is 0 Å². The lowest BCUT2D eigenvalue weighted by Crippen LogP contribution is -2.48. The number of carbonyl (C=O) groups is 3. The van der Waals surface area contributed by atoms with Crippen LogP contribution in [0.4, 0.5) is 4.79 Å². The zero-order valence-electron chi connectivity index (χ0n) is 7.72. The van der Waals surface area contributed by atoms with Crippen molar-refractivity contribution in [2.75, 3.05) is 6.54 Å². The number of carbonyl (C=O) groups excluding carboxylic acids is 3. The molecule has 1 spiro atoms. The van der Waals surface area contributed by atoms with Gasteiger partial charge in [-0.1, -0.05) is 0 Å². The van der Waals surface area contributed by atoms with E-state index in [1.54, 1.807) is 0 Å². The Morgan fingerprint density at radius 1 is 1.50 bits per heavy atom. The molecule has 0 bridgehead atoms. The average Bonchev–Trinajstić information content (AvgIpc) is 2.59. The molecule has 76 valence electrons. The fourth-order valence-corrected chi connectivity index (χ4v) is 1.87. The number of ketones is 1. The summed E-state index contributed by atoms with van der Waals surface area (Å²) < 4.78 is 0. The summed E-state index contributed by atoms with van der Waals surface area (Å²) in [5.41, 5.74) is -0.909. The van der Waals surface area contributed by atoms with Crippen LogP contribution in [0.15, 0.2) is 0 Å². The van der Waals surface area contributed by atoms with Gasteiger partial charge in [0.25, 0.3) is 5.91 Å². The molecule has 0 radical (unpaired) electrons. The Bertz CT molecular complexity index is 328. The van der Waals surface area contributed by atoms with Crippen LogP contribution in [0, 0.1) is 0 Å². The van der Waals surface area contributed by atoms with E-state index in [4.69, 9.17) is 0 Å². The van der Waals surface area contributed by atoms with Crippen LogP contribution < -0.4 is 16.0 Å². The highest BCUT2D eigenvalue weighted by molar-refractivity contribution is 6.08. The summed E-state index contributed by atoms with van der Waals surface area (Å²) in [6.45, 7) is 1.78. The van der Waals surface area contributed by atoms with Crippen LogP contribution >= 0.6 is 0 Å². The van der Waals surface area contributed by atoms with E-state index < -0.39 is 11.6 Å². The molecule has 2 rings (SSSR count). The number of urea groups is 1. The van der Waals surface area contributed by atoms with Crippen molar-refractivity contribution in [1.82, 2.24) is 16.0 Å². The van der Waals surface area contributed by atoms with Gasteiger partial charge in [0.05, 0.1) is 6.04 Å². The second kappa shape index (κ2) is 2.78. The lowest BCUT2D eigenvalue weighted by molar-refractivity contribution is -0.123. The fraction of sp³-hybridized carbons (Fsp3) is 0.625. The number of Topliss-reactive ketones (excluding diaryl/α,β-unsaturated/α-hetero) is 1. The molecule has 2 saturated heterocycles. The van der Waals surface area contributed by atoms with Gasteiger partial charge in [0.1, 0.15) is 11.3 Å². The SMILES string of the molecule is CC(=O)[C@@H]1C[C@@]2(CN1)NC(=O)NC2=O. The number of nitrogens with one attached hydrogen (secondary N) is 3. The standard InChI is InChI=1S/C8H11N3O3/c1-4(12)5-2-8(3-9-5)6(13)10-7(14)11-8/h5,9H,2-3H2,1H3,(H2,10,11,13,14)/t5-,8-/m0/s1. The van der Waals surface area contributed by atoms with Crippen LogP contribution in [0.1, 0.15) is 13.3 Å². The Labute approximate surface area is 80.4 Å². The highest BCUT2D eigenvalue weighted by Gasteiger charge is 2.51. The third-order valence-electron chi connectivity index (χ3n) is 2.71. The average molecular weight is 197 g/mol. The van der Waals surface area contributed by atoms with Gasteiger partial charge in [-0.15, -0.1) is 0 Å². The Kier molecular flexibility index (Phi) is 1.81. The minimum atomic E-state index is -0.909. The lowest BCUT2D eigenvalue weighted by atomic mass is 9.95. The second-order valence-corrected chi connectivity index (χ2v) is 3.74. The van der Waals surface area contributed by atoms with Gasteiger partial charge in [-0.25, -0.2) is 4.79 Å². The van der Waals surface area contributed by atoms with Crippen molar-refractivity contribution >= 4 is 17.7 Å². The van der Waals surface area contributed by atoms with Gasteiger partial charge >= 0.3 is 6.03 Å². The Balaban J connectivity index is 2.17.